The van der Waals surface area contributed by atoms with Gasteiger partial charge in [-0.3, -0.25) is 15.0 Å². The van der Waals surface area contributed by atoms with E-state index >= 15 is 0 Å². The van der Waals surface area contributed by atoms with Gasteiger partial charge in [0.2, 0.25) is 0 Å². The molecule has 29 heavy (non-hydrogen) atoms. The van der Waals surface area contributed by atoms with Crippen molar-refractivity contribution in [1.82, 2.24) is 20.4 Å². The number of anilines is 2. The molecule has 1 saturated heterocycles. The first-order chi connectivity index (χ1) is 14.2. The van der Waals surface area contributed by atoms with Gasteiger partial charge >= 0.3 is 6.03 Å². The highest BCUT2D eigenvalue weighted by atomic mass is 16.5. The highest BCUT2D eigenvalue weighted by Gasteiger charge is 2.23. The summed E-state index contributed by atoms with van der Waals surface area (Å²) in [6, 6.07) is 6.28. The largest absolute Gasteiger partial charge is 0.379 e. The summed E-state index contributed by atoms with van der Waals surface area (Å²) in [4.78, 5) is 18.5. The second-order valence-electron chi connectivity index (χ2n) is 7.39. The first-order valence-corrected chi connectivity index (χ1v) is 9.94. The first-order valence-electron chi connectivity index (χ1n) is 9.94. The van der Waals surface area contributed by atoms with Crippen LogP contribution in [0.5, 0.6) is 0 Å². The van der Waals surface area contributed by atoms with Crippen LogP contribution in [-0.4, -0.2) is 60.2 Å². The molecule has 1 aromatic heterocycles. The zero-order valence-corrected chi connectivity index (χ0v) is 16.4. The lowest BCUT2D eigenvalue weighted by molar-refractivity contribution is 0.0342. The lowest BCUT2D eigenvalue weighted by atomic mass is 10.1. The van der Waals surface area contributed by atoms with Crippen LogP contribution in [0.25, 0.3) is 0 Å². The molecule has 1 aliphatic heterocycles. The van der Waals surface area contributed by atoms with Gasteiger partial charge in [0.25, 0.3) is 0 Å². The van der Waals surface area contributed by atoms with Gasteiger partial charge in [0, 0.05) is 25.7 Å². The SMILES string of the molecule is C=Nc1cc(CN2CCOCC2)ccc1NCc1[nH]ncc1NC(=O)NC1CC1. The lowest BCUT2D eigenvalue weighted by Gasteiger charge is -2.26. The first kappa shape index (κ1) is 19.4. The molecule has 0 unspecified atom stereocenters. The maximum absolute atomic E-state index is 12.0. The molecule has 0 bridgehead atoms. The molecule has 9 nitrogen and oxygen atoms in total. The fourth-order valence-electron chi connectivity index (χ4n) is 3.28. The Hall–Kier alpha value is -2.91. The van der Waals surface area contributed by atoms with Crippen LogP contribution in [-0.2, 0) is 17.8 Å². The molecule has 0 radical (unpaired) electrons. The smallest absolute Gasteiger partial charge is 0.319 e. The summed E-state index contributed by atoms with van der Waals surface area (Å²) in [7, 11) is 0. The van der Waals surface area contributed by atoms with E-state index in [1.54, 1.807) is 6.20 Å². The second-order valence-corrected chi connectivity index (χ2v) is 7.39. The number of carbonyl (C=O) groups excluding carboxylic acids is 1. The molecule has 1 aromatic carbocycles. The van der Waals surface area contributed by atoms with Gasteiger partial charge in [0.05, 0.1) is 48.7 Å². The number of carbonyl (C=O) groups is 1. The molecule has 1 aliphatic carbocycles. The average Bonchev–Trinajstić information content (AvgIpc) is 3.44. The summed E-state index contributed by atoms with van der Waals surface area (Å²) in [6.07, 6.45) is 3.71. The number of aromatic nitrogens is 2. The van der Waals surface area contributed by atoms with Crippen molar-refractivity contribution < 1.29 is 9.53 Å². The Morgan fingerprint density at radius 3 is 2.90 bits per heavy atom. The third-order valence-corrected chi connectivity index (χ3v) is 5.08. The fourth-order valence-corrected chi connectivity index (χ4v) is 3.28. The number of hydrogen-bond acceptors (Lipinski definition) is 6. The minimum Gasteiger partial charge on any atom is -0.379 e. The molecule has 0 spiro atoms. The van der Waals surface area contributed by atoms with E-state index in [-0.39, 0.29) is 6.03 Å². The number of nitrogens with zero attached hydrogens (tertiary/aromatic N) is 3. The monoisotopic (exact) mass is 397 g/mol. The third kappa shape index (κ3) is 5.33. The van der Waals surface area contributed by atoms with E-state index in [9.17, 15) is 4.79 Å². The molecule has 154 valence electrons. The number of aliphatic imine (C=N–C) groups is 1. The summed E-state index contributed by atoms with van der Waals surface area (Å²) < 4.78 is 5.41. The van der Waals surface area contributed by atoms with Crippen LogP contribution in [0.15, 0.2) is 29.4 Å². The number of hydrogen-bond donors (Lipinski definition) is 4. The number of H-pyrrole nitrogens is 1. The molecular formula is C20H27N7O2. The highest BCUT2D eigenvalue weighted by Crippen LogP contribution is 2.28. The van der Waals surface area contributed by atoms with Crippen LogP contribution in [0.3, 0.4) is 0 Å². The number of ether oxygens (including phenoxy) is 1. The molecule has 1 saturated carbocycles. The van der Waals surface area contributed by atoms with E-state index in [1.165, 1.54) is 5.56 Å². The van der Waals surface area contributed by atoms with Crippen molar-refractivity contribution in [1.29, 1.82) is 0 Å². The second kappa shape index (κ2) is 9.06. The molecule has 2 aromatic rings. The molecule has 2 fully saturated rings. The van der Waals surface area contributed by atoms with E-state index in [0.29, 0.717) is 18.3 Å². The Balaban J connectivity index is 1.36. The summed E-state index contributed by atoms with van der Waals surface area (Å²) >= 11 is 0. The molecule has 0 atom stereocenters. The maximum Gasteiger partial charge on any atom is 0.319 e. The van der Waals surface area contributed by atoms with Crippen LogP contribution in [0.4, 0.5) is 21.9 Å². The normalized spacial score (nSPS) is 17.0. The maximum atomic E-state index is 12.0. The van der Waals surface area contributed by atoms with E-state index in [0.717, 1.165) is 62.8 Å². The van der Waals surface area contributed by atoms with E-state index in [1.807, 2.05) is 6.07 Å². The summed E-state index contributed by atoms with van der Waals surface area (Å²) in [5.41, 5.74) is 4.33. The van der Waals surface area contributed by atoms with Gasteiger partial charge in [-0.1, -0.05) is 6.07 Å². The number of nitrogens with one attached hydrogen (secondary N) is 4. The summed E-state index contributed by atoms with van der Waals surface area (Å²) in [5, 5.41) is 16.1. The number of morpholine rings is 1. The van der Waals surface area contributed by atoms with Crippen molar-refractivity contribution in [3.63, 3.8) is 0 Å². The van der Waals surface area contributed by atoms with Crippen LogP contribution in [0.2, 0.25) is 0 Å². The minimum absolute atomic E-state index is 0.198. The van der Waals surface area contributed by atoms with Crippen molar-refractivity contribution in [3.05, 3.63) is 35.7 Å². The minimum atomic E-state index is -0.198. The Morgan fingerprint density at radius 2 is 2.14 bits per heavy atom. The van der Waals surface area contributed by atoms with Gasteiger partial charge in [0.15, 0.2) is 0 Å². The molecule has 4 rings (SSSR count). The Morgan fingerprint density at radius 1 is 1.31 bits per heavy atom. The van der Waals surface area contributed by atoms with E-state index in [2.05, 4.69) is 54.9 Å². The Bertz CT molecular complexity index is 856. The van der Waals surface area contributed by atoms with Crippen molar-refractivity contribution in [2.24, 2.45) is 4.99 Å². The number of amides is 2. The topological polar surface area (TPSA) is 107 Å². The molecule has 4 N–H and O–H groups in total. The highest BCUT2D eigenvalue weighted by molar-refractivity contribution is 5.90. The molecular weight excluding hydrogens is 370 g/mol. The fraction of sp³-hybridized carbons (Fsp3) is 0.450. The average molecular weight is 397 g/mol. The van der Waals surface area contributed by atoms with Crippen LogP contribution < -0.4 is 16.0 Å². The van der Waals surface area contributed by atoms with Crippen molar-refractivity contribution in [2.45, 2.75) is 32.0 Å². The van der Waals surface area contributed by atoms with E-state index in [4.69, 9.17) is 4.74 Å². The molecule has 9 heteroatoms. The Labute approximate surface area is 169 Å². The predicted molar refractivity (Wildman–Crippen MR) is 113 cm³/mol. The van der Waals surface area contributed by atoms with Crippen molar-refractivity contribution >= 4 is 29.8 Å². The number of aromatic amines is 1. The third-order valence-electron chi connectivity index (χ3n) is 5.08. The van der Waals surface area contributed by atoms with Gasteiger partial charge in [-0.15, -0.1) is 0 Å². The lowest BCUT2D eigenvalue weighted by Crippen LogP contribution is -2.35. The quantitative estimate of drug-likeness (QED) is 0.512. The van der Waals surface area contributed by atoms with Gasteiger partial charge in [-0.2, -0.15) is 5.10 Å². The zero-order valence-electron chi connectivity index (χ0n) is 16.4. The molecule has 2 heterocycles. The van der Waals surface area contributed by atoms with Crippen LogP contribution >= 0.6 is 0 Å². The van der Waals surface area contributed by atoms with Gasteiger partial charge in [-0.05, 0) is 37.3 Å². The zero-order chi connectivity index (χ0) is 20.1. The standard InChI is InChI=1S/C20H27N7O2/c1-21-17-10-14(13-27-6-8-29-9-7-27)2-5-16(17)22-11-19-18(12-23-26-19)25-20(28)24-15-3-4-15/h2,5,10,12,15,22H,1,3-4,6-9,11,13H2,(H,23,26)(H2,24,25,28). The van der Waals surface area contributed by atoms with Crippen LogP contribution in [0.1, 0.15) is 24.1 Å². The summed E-state index contributed by atoms with van der Waals surface area (Å²) in [5.74, 6) is 0. The number of benzene rings is 1. The van der Waals surface area contributed by atoms with Gasteiger partial charge in [-0.25, -0.2) is 4.79 Å². The van der Waals surface area contributed by atoms with Gasteiger partial charge < -0.3 is 20.7 Å². The van der Waals surface area contributed by atoms with Crippen molar-refractivity contribution in [2.75, 3.05) is 36.9 Å². The number of urea groups is 1. The van der Waals surface area contributed by atoms with E-state index < -0.39 is 0 Å². The van der Waals surface area contributed by atoms with Crippen LogP contribution in [0, 0.1) is 0 Å². The van der Waals surface area contributed by atoms with Crippen molar-refractivity contribution in [3.8, 4) is 0 Å². The predicted octanol–water partition coefficient (Wildman–Crippen LogP) is 2.47. The Kier molecular flexibility index (Phi) is 6.06. The number of rotatable bonds is 8. The molecule has 2 amide bonds. The van der Waals surface area contributed by atoms with Gasteiger partial charge in [0.1, 0.15) is 0 Å². The summed E-state index contributed by atoms with van der Waals surface area (Å²) in [6.45, 7) is 8.51. The molecule has 2 aliphatic rings.